The van der Waals surface area contributed by atoms with Crippen LogP contribution in [0.3, 0.4) is 0 Å². The van der Waals surface area contributed by atoms with Gasteiger partial charge >= 0.3 is 0 Å². The highest BCUT2D eigenvalue weighted by Gasteiger charge is 2.11. The molecule has 4 rings (SSSR count). The second kappa shape index (κ2) is 6.60. The van der Waals surface area contributed by atoms with Crippen LogP contribution in [0.25, 0.3) is 22.5 Å². The van der Waals surface area contributed by atoms with E-state index in [4.69, 9.17) is 9.15 Å². The number of imidazole rings is 1. The van der Waals surface area contributed by atoms with Gasteiger partial charge in [-0.25, -0.2) is 4.98 Å². The lowest BCUT2D eigenvalue weighted by Gasteiger charge is -1.96. The number of nitrogens with one attached hydrogen (secondary N) is 1. The second-order valence-corrected chi connectivity index (χ2v) is 6.55. The molecule has 0 aliphatic heterocycles. The Hall–Kier alpha value is -2.80. The van der Waals surface area contributed by atoms with Crippen molar-refractivity contribution in [2.45, 2.75) is 17.8 Å². The second-order valence-electron chi connectivity index (χ2n) is 5.58. The Balaban J connectivity index is 1.48. The summed E-state index contributed by atoms with van der Waals surface area (Å²) in [5, 5.41) is 9.05. The van der Waals surface area contributed by atoms with Gasteiger partial charge in [0.1, 0.15) is 5.75 Å². The third kappa shape index (κ3) is 3.36. The van der Waals surface area contributed by atoms with Crippen LogP contribution in [0.4, 0.5) is 0 Å². The van der Waals surface area contributed by atoms with Gasteiger partial charge in [0.2, 0.25) is 11.8 Å². The van der Waals surface area contributed by atoms with E-state index in [0.717, 1.165) is 33.1 Å². The molecular weight excluding hydrogens is 336 g/mol. The summed E-state index contributed by atoms with van der Waals surface area (Å²) >= 11 is 1.52. The number of methoxy groups -OCH3 is 1. The smallest absolute Gasteiger partial charge is 0.247 e. The average molecular weight is 352 g/mol. The lowest BCUT2D eigenvalue weighted by atomic mass is 10.1. The molecule has 0 fully saturated rings. The first-order valence-corrected chi connectivity index (χ1v) is 8.76. The fourth-order valence-corrected chi connectivity index (χ4v) is 3.22. The molecule has 0 saturated carbocycles. The Labute approximate surface area is 148 Å². The van der Waals surface area contributed by atoms with E-state index in [1.807, 2.05) is 49.4 Å². The highest BCUT2D eigenvalue weighted by atomic mass is 32.2. The Morgan fingerprint density at radius 1 is 1.16 bits per heavy atom. The molecule has 0 radical (unpaired) electrons. The predicted octanol–water partition coefficient (Wildman–Crippen LogP) is 4.22. The molecule has 0 bridgehead atoms. The van der Waals surface area contributed by atoms with Crippen molar-refractivity contribution < 1.29 is 9.15 Å². The molecule has 0 aliphatic carbocycles. The third-order valence-electron chi connectivity index (χ3n) is 3.73. The Bertz CT molecular complexity index is 1020. The van der Waals surface area contributed by atoms with Crippen LogP contribution in [0.2, 0.25) is 0 Å². The number of thioether (sulfide) groups is 1. The summed E-state index contributed by atoms with van der Waals surface area (Å²) in [5.41, 5.74) is 3.92. The van der Waals surface area contributed by atoms with Crippen LogP contribution in [0, 0.1) is 6.92 Å². The van der Waals surface area contributed by atoms with Gasteiger partial charge in [-0.2, -0.15) is 0 Å². The minimum absolute atomic E-state index is 0.536. The number of H-pyrrole nitrogens is 1. The Morgan fingerprint density at radius 3 is 2.92 bits per heavy atom. The van der Waals surface area contributed by atoms with Crippen LogP contribution in [-0.4, -0.2) is 27.3 Å². The van der Waals surface area contributed by atoms with Crippen molar-refractivity contribution in [1.82, 2.24) is 20.2 Å². The highest BCUT2D eigenvalue weighted by Crippen LogP contribution is 2.26. The number of benzene rings is 2. The molecule has 0 atom stereocenters. The number of aromatic amines is 1. The molecule has 0 saturated heterocycles. The Kier molecular flexibility index (Phi) is 4.15. The van der Waals surface area contributed by atoms with Gasteiger partial charge in [-0.05, 0) is 31.2 Å². The van der Waals surface area contributed by atoms with Gasteiger partial charge in [0.25, 0.3) is 0 Å². The molecule has 7 heteroatoms. The molecule has 2 heterocycles. The van der Waals surface area contributed by atoms with Gasteiger partial charge < -0.3 is 14.1 Å². The first-order valence-electron chi connectivity index (χ1n) is 7.77. The van der Waals surface area contributed by atoms with E-state index < -0.39 is 0 Å². The van der Waals surface area contributed by atoms with Crippen molar-refractivity contribution in [2.24, 2.45) is 0 Å². The van der Waals surface area contributed by atoms with Gasteiger partial charge in [0, 0.05) is 11.6 Å². The lowest BCUT2D eigenvalue weighted by Crippen LogP contribution is -1.81. The minimum Gasteiger partial charge on any atom is -0.497 e. The quantitative estimate of drug-likeness (QED) is 0.542. The molecule has 0 unspecified atom stereocenters. The highest BCUT2D eigenvalue weighted by molar-refractivity contribution is 7.98. The maximum Gasteiger partial charge on any atom is 0.247 e. The molecule has 2 aromatic heterocycles. The van der Waals surface area contributed by atoms with Crippen LogP contribution in [0.15, 0.2) is 52.0 Å². The summed E-state index contributed by atoms with van der Waals surface area (Å²) in [6, 6.07) is 13.7. The van der Waals surface area contributed by atoms with Gasteiger partial charge in [-0.15, -0.1) is 10.2 Å². The minimum atomic E-state index is 0.536. The molecule has 0 aliphatic rings. The first kappa shape index (κ1) is 15.7. The summed E-state index contributed by atoms with van der Waals surface area (Å²) < 4.78 is 11.0. The van der Waals surface area contributed by atoms with Gasteiger partial charge in [0.05, 0.1) is 23.9 Å². The van der Waals surface area contributed by atoms with E-state index in [0.29, 0.717) is 17.5 Å². The van der Waals surface area contributed by atoms with Crippen molar-refractivity contribution >= 4 is 22.8 Å². The SMILES string of the molecule is COc1ccc2nc(SCc3nnc(-c4cccc(C)c4)o3)[nH]c2c1. The topological polar surface area (TPSA) is 76.8 Å². The van der Waals surface area contributed by atoms with Crippen LogP contribution in [0.5, 0.6) is 5.75 Å². The van der Waals surface area contributed by atoms with Gasteiger partial charge in [-0.3, -0.25) is 0 Å². The zero-order valence-corrected chi connectivity index (χ0v) is 14.6. The monoisotopic (exact) mass is 352 g/mol. The molecule has 0 spiro atoms. The zero-order chi connectivity index (χ0) is 17.2. The summed E-state index contributed by atoms with van der Waals surface area (Å²) in [4.78, 5) is 7.81. The zero-order valence-electron chi connectivity index (χ0n) is 13.8. The number of hydrogen-bond donors (Lipinski definition) is 1. The maximum atomic E-state index is 5.75. The number of aryl methyl sites for hydroxylation is 1. The van der Waals surface area contributed by atoms with E-state index in [1.54, 1.807) is 7.11 Å². The summed E-state index contributed by atoms with van der Waals surface area (Å²) in [6.07, 6.45) is 0. The molecule has 6 nitrogen and oxygen atoms in total. The molecule has 1 N–H and O–H groups in total. The molecule has 4 aromatic rings. The van der Waals surface area contributed by atoms with Crippen molar-refractivity contribution in [2.75, 3.05) is 7.11 Å². The van der Waals surface area contributed by atoms with E-state index >= 15 is 0 Å². The summed E-state index contributed by atoms with van der Waals surface area (Å²) in [7, 11) is 1.65. The van der Waals surface area contributed by atoms with Crippen molar-refractivity contribution in [3.05, 3.63) is 53.9 Å². The number of fused-ring (bicyclic) bond motifs is 1. The fourth-order valence-electron chi connectivity index (χ4n) is 2.50. The number of ether oxygens (including phenoxy) is 1. The van der Waals surface area contributed by atoms with Crippen molar-refractivity contribution in [3.63, 3.8) is 0 Å². The molecule has 126 valence electrons. The lowest BCUT2D eigenvalue weighted by molar-refractivity contribution is 0.415. The predicted molar refractivity (Wildman–Crippen MR) is 96.7 cm³/mol. The van der Waals surface area contributed by atoms with Gasteiger partial charge in [-0.1, -0.05) is 29.5 Å². The van der Waals surface area contributed by atoms with E-state index in [2.05, 4.69) is 20.2 Å². The van der Waals surface area contributed by atoms with Crippen molar-refractivity contribution in [1.29, 1.82) is 0 Å². The largest absolute Gasteiger partial charge is 0.497 e. The first-order chi connectivity index (χ1) is 12.2. The summed E-state index contributed by atoms with van der Waals surface area (Å²) in [6.45, 7) is 2.03. The Morgan fingerprint density at radius 2 is 2.08 bits per heavy atom. The van der Waals surface area contributed by atoms with Crippen LogP contribution < -0.4 is 4.74 Å². The molecule has 0 amide bonds. The van der Waals surface area contributed by atoms with E-state index in [-0.39, 0.29) is 0 Å². The number of nitrogens with zero attached hydrogens (tertiary/aromatic N) is 3. The van der Waals surface area contributed by atoms with Crippen LogP contribution in [-0.2, 0) is 5.75 Å². The molecular formula is C18H16N4O2S. The summed E-state index contributed by atoms with van der Waals surface area (Å²) in [5.74, 6) is 2.45. The van der Waals surface area contributed by atoms with Gasteiger partial charge in [0.15, 0.2) is 5.16 Å². The standard InChI is InChI=1S/C18H16N4O2S/c1-11-4-3-5-12(8-11)17-22-21-16(24-17)10-25-18-19-14-7-6-13(23-2)9-15(14)20-18/h3-9H,10H2,1-2H3,(H,19,20). The average Bonchev–Trinajstić information content (AvgIpc) is 3.25. The number of hydrogen-bond acceptors (Lipinski definition) is 6. The van der Waals surface area contributed by atoms with E-state index in [1.165, 1.54) is 11.8 Å². The number of aromatic nitrogens is 4. The number of rotatable bonds is 5. The molecule has 2 aromatic carbocycles. The third-order valence-corrected chi connectivity index (χ3v) is 4.59. The van der Waals surface area contributed by atoms with Crippen LogP contribution >= 0.6 is 11.8 Å². The fraction of sp³-hybridized carbons (Fsp3) is 0.167. The van der Waals surface area contributed by atoms with E-state index in [9.17, 15) is 0 Å². The maximum absolute atomic E-state index is 5.75. The van der Waals surface area contributed by atoms with Crippen molar-refractivity contribution in [3.8, 4) is 17.2 Å². The molecule has 25 heavy (non-hydrogen) atoms. The van der Waals surface area contributed by atoms with Crippen LogP contribution in [0.1, 0.15) is 11.5 Å². The normalized spacial score (nSPS) is 11.1.